The lowest BCUT2D eigenvalue weighted by Crippen LogP contribution is -2.48. The van der Waals surface area contributed by atoms with Crippen molar-refractivity contribution in [3.63, 3.8) is 0 Å². The van der Waals surface area contributed by atoms with Crippen molar-refractivity contribution in [1.29, 1.82) is 0 Å². The van der Waals surface area contributed by atoms with E-state index in [2.05, 4.69) is 37.8 Å². The fraction of sp³-hybridized carbons (Fsp3) is 0.320. The van der Waals surface area contributed by atoms with Gasteiger partial charge in [-0.1, -0.05) is 58.4 Å². The zero-order chi connectivity index (χ0) is 22.1. The first-order valence-electron chi connectivity index (χ1n) is 10.2. The molecule has 0 radical (unpaired) electrons. The minimum absolute atomic E-state index is 0.00279. The van der Waals surface area contributed by atoms with Gasteiger partial charge in [-0.3, -0.25) is 4.98 Å². The molecule has 0 bridgehead atoms. The highest BCUT2D eigenvalue weighted by Crippen LogP contribution is 2.67. The first-order chi connectivity index (χ1) is 15.0. The molecule has 1 aliphatic carbocycles. The van der Waals surface area contributed by atoms with Gasteiger partial charge in [0.1, 0.15) is 17.1 Å². The van der Waals surface area contributed by atoms with E-state index in [-0.39, 0.29) is 5.92 Å². The molecular weight excluding hydrogens is 458 g/mol. The molecule has 3 atom stereocenters. The lowest BCUT2D eigenvalue weighted by Gasteiger charge is -2.40. The van der Waals surface area contributed by atoms with Crippen molar-refractivity contribution < 1.29 is 19.3 Å². The third-order valence-corrected chi connectivity index (χ3v) is 6.68. The highest BCUT2D eigenvalue weighted by molar-refractivity contribution is 9.10. The summed E-state index contributed by atoms with van der Waals surface area (Å²) in [7, 11) is 4.85. The first-order valence-corrected chi connectivity index (χ1v) is 11.0. The van der Waals surface area contributed by atoms with E-state index in [0.717, 1.165) is 22.0 Å². The zero-order valence-corrected chi connectivity index (χ0v) is 19.4. The summed E-state index contributed by atoms with van der Waals surface area (Å²) in [6, 6.07) is 18.3. The fourth-order valence-corrected chi connectivity index (χ4v) is 5.28. The largest absolute Gasteiger partial charge is 0.495 e. The summed E-state index contributed by atoms with van der Waals surface area (Å²) in [5.74, 6) is 1.15. The van der Waals surface area contributed by atoms with Crippen LogP contribution in [0, 0.1) is 0 Å². The van der Waals surface area contributed by atoms with E-state index in [1.807, 2.05) is 42.5 Å². The topological polar surface area (TPSA) is 60.8 Å². The monoisotopic (exact) mass is 483 g/mol. The van der Waals surface area contributed by atoms with E-state index in [1.165, 1.54) is 0 Å². The number of benzene rings is 2. The number of hydrogen-bond acceptors (Lipinski definition) is 5. The lowest BCUT2D eigenvalue weighted by atomic mass is 9.72. The minimum Gasteiger partial charge on any atom is -0.495 e. The first kappa shape index (κ1) is 21.8. The Balaban J connectivity index is 0.000000730. The molecule has 1 saturated carbocycles. The van der Waals surface area contributed by atoms with Crippen LogP contribution in [-0.4, -0.2) is 31.4 Å². The third kappa shape index (κ3) is 3.34. The van der Waals surface area contributed by atoms with Gasteiger partial charge in [-0.2, -0.15) is 0 Å². The van der Waals surface area contributed by atoms with E-state index in [0.29, 0.717) is 23.5 Å². The van der Waals surface area contributed by atoms with E-state index in [1.54, 1.807) is 33.7 Å². The third-order valence-electron chi connectivity index (χ3n) is 6.16. The van der Waals surface area contributed by atoms with Crippen LogP contribution in [0.4, 0.5) is 0 Å². The highest BCUT2D eigenvalue weighted by atomic mass is 79.9. The molecule has 0 spiro atoms. The smallest absolute Gasteiger partial charge is 0.174 e. The van der Waals surface area contributed by atoms with E-state index in [4.69, 9.17) is 9.47 Å². The van der Waals surface area contributed by atoms with Crippen molar-refractivity contribution in [3.05, 3.63) is 88.2 Å². The molecule has 3 unspecified atom stereocenters. The second-order valence-electron chi connectivity index (χ2n) is 7.83. The van der Waals surface area contributed by atoms with E-state index >= 15 is 0 Å². The fourth-order valence-electron chi connectivity index (χ4n) is 5.02. The highest BCUT2D eigenvalue weighted by Gasteiger charge is 2.69. The van der Waals surface area contributed by atoms with E-state index < -0.39 is 11.2 Å². The molecule has 2 heterocycles. The van der Waals surface area contributed by atoms with Gasteiger partial charge in [-0.05, 0) is 36.1 Å². The average molecular weight is 484 g/mol. The molecule has 6 heteroatoms. The molecule has 1 fully saturated rings. The van der Waals surface area contributed by atoms with Crippen LogP contribution in [0.25, 0.3) is 0 Å². The Hall–Kier alpha value is -2.41. The molecule has 2 aliphatic rings. The number of halogens is 1. The van der Waals surface area contributed by atoms with E-state index in [9.17, 15) is 5.11 Å². The van der Waals surface area contributed by atoms with Crippen molar-refractivity contribution in [2.45, 2.75) is 30.0 Å². The molecule has 1 aromatic heterocycles. The molecule has 1 aliphatic heterocycles. The summed E-state index contributed by atoms with van der Waals surface area (Å²) < 4.78 is 17.4. The number of aliphatic hydroxyl groups is 1. The number of nitrogens with zero attached hydrogens (tertiary/aromatic N) is 1. The Morgan fingerprint density at radius 2 is 1.71 bits per heavy atom. The molecular formula is C25H26BrNO4. The van der Waals surface area contributed by atoms with Gasteiger partial charge in [-0.25, -0.2) is 0 Å². The number of fused-ring (bicyclic) bond motifs is 3. The Labute approximate surface area is 191 Å². The number of aromatic nitrogens is 1. The normalized spacial score (nSPS) is 25.6. The predicted molar refractivity (Wildman–Crippen MR) is 122 cm³/mol. The molecule has 2 aromatic carbocycles. The van der Waals surface area contributed by atoms with Crippen molar-refractivity contribution >= 4 is 15.9 Å². The molecule has 1 N–H and O–H groups in total. The average Bonchev–Trinajstić information content (AvgIpc) is 3.22. The number of rotatable bonds is 3. The molecule has 3 aromatic rings. The van der Waals surface area contributed by atoms with Gasteiger partial charge in [-0.15, -0.1) is 0 Å². The van der Waals surface area contributed by atoms with Crippen LogP contribution >= 0.6 is 15.9 Å². The van der Waals surface area contributed by atoms with Crippen LogP contribution in [0.3, 0.4) is 0 Å². The Bertz CT molecular complexity index is 1040. The quantitative estimate of drug-likeness (QED) is 0.556. The predicted octanol–water partition coefficient (Wildman–Crippen LogP) is 5.17. The molecule has 31 heavy (non-hydrogen) atoms. The van der Waals surface area contributed by atoms with Crippen molar-refractivity contribution in [1.82, 2.24) is 4.98 Å². The number of ether oxygens (including phenoxy) is 3. The molecule has 0 amide bonds. The van der Waals surface area contributed by atoms with Crippen molar-refractivity contribution in [3.8, 4) is 11.5 Å². The number of pyridine rings is 1. The van der Waals surface area contributed by atoms with Gasteiger partial charge in [0.15, 0.2) is 5.60 Å². The Morgan fingerprint density at radius 1 is 1.03 bits per heavy atom. The molecule has 0 saturated heterocycles. The van der Waals surface area contributed by atoms with Crippen molar-refractivity contribution in [2.75, 3.05) is 21.3 Å². The van der Waals surface area contributed by atoms with Gasteiger partial charge in [0.05, 0.1) is 25.1 Å². The maximum Gasteiger partial charge on any atom is 0.174 e. The SMILES string of the molecule is COC.COc1cncc2c1C1(O)CCC(c3ccccc3)C1(c1ccc(Br)cc1)O2. The van der Waals surface area contributed by atoms with Crippen LogP contribution in [-0.2, 0) is 15.9 Å². The zero-order valence-electron chi connectivity index (χ0n) is 17.8. The van der Waals surface area contributed by atoms with Crippen LogP contribution in [0.5, 0.6) is 11.5 Å². The molecule has 162 valence electrons. The second-order valence-corrected chi connectivity index (χ2v) is 8.75. The van der Waals surface area contributed by atoms with Gasteiger partial charge in [0.2, 0.25) is 0 Å². The van der Waals surface area contributed by atoms with Gasteiger partial charge >= 0.3 is 0 Å². The van der Waals surface area contributed by atoms with Crippen LogP contribution < -0.4 is 9.47 Å². The maximum atomic E-state index is 12.2. The Morgan fingerprint density at radius 3 is 2.35 bits per heavy atom. The van der Waals surface area contributed by atoms with Crippen molar-refractivity contribution in [2.24, 2.45) is 0 Å². The summed E-state index contributed by atoms with van der Waals surface area (Å²) in [4.78, 5) is 4.25. The lowest BCUT2D eigenvalue weighted by molar-refractivity contribution is -0.106. The summed E-state index contributed by atoms with van der Waals surface area (Å²) >= 11 is 3.52. The summed E-state index contributed by atoms with van der Waals surface area (Å²) in [5.41, 5.74) is 0.661. The van der Waals surface area contributed by atoms with Gasteiger partial charge < -0.3 is 19.3 Å². The Kier molecular flexibility index (Phi) is 6.06. The summed E-state index contributed by atoms with van der Waals surface area (Å²) in [6.45, 7) is 0. The maximum absolute atomic E-state index is 12.2. The summed E-state index contributed by atoms with van der Waals surface area (Å²) in [5, 5.41) is 12.2. The summed E-state index contributed by atoms with van der Waals surface area (Å²) in [6.07, 6.45) is 4.71. The van der Waals surface area contributed by atoms with Crippen LogP contribution in [0.2, 0.25) is 0 Å². The van der Waals surface area contributed by atoms with Crippen LogP contribution in [0.1, 0.15) is 35.4 Å². The molecule has 5 rings (SSSR count). The van der Waals surface area contributed by atoms with Gasteiger partial charge in [0, 0.05) is 24.6 Å². The van der Waals surface area contributed by atoms with Gasteiger partial charge in [0.25, 0.3) is 0 Å². The molecule has 5 nitrogen and oxygen atoms in total. The second kappa shape index (κ2) is 8.61. The van der Waals surface area contributed by atoms with Crippen LogP contribution in [0.15, 0.2) is 71.5 Å². The standard InChI is InChI=1S/C23H20BrNO3.C2H6O/c1-27-19-13-25-14-20-21(19)22(26)12-11-18(15-5-3-2-4-6-15)23(22,28-20)16-7-9-17(24)10-8-16;1-3-2/h2-10,13-14,18,26H,11-12H2,1H3;1-2H3. The number of methoxy groups -OCH3 is 2. The minimum atomic E-state index is -1.20. The number of hydrogen-bond donors (Lipinski definition) is 1.